The quantitative estimate of drug-likeness (QED) is 0.901. The van der Waals surface area contributed by atoms with Crippen molar-refractivity contribution in [1.29, 1.82) is 0 Å². The molecular weight excluding hydrogens is 306 g/mol. The van der Waals surface area contributed by atoms with Gasteiger partial charge in [0, 0.05) is 31.4 Å². The number of carbonyl (C=O) groups excluding carboxylic acids is 2. The van der Waals surface area contributed by atoms with Crippen LogP contribution in [0.5, 0.6) is 0 Å². The molecule has 0 radical (unpaired) electrons. The molecule has 0 aliphatic carbocycles. The molecule has 0 bridgehead atoms. The number of carbonyl (C=O) groups is 2. The lowest BCUT2D eigenvalue weighted by Gasteiger charge is -2.14. The molecule has 2 aromatic rings. The van der Waals surface area contributed by atoms with Crippen molar-refractivity contribution in [1.82, 2.24) is 14.9 Å². The van der Waals surface area contributed by atoms with E-state index in [0.717, 1.165) is 31.6 Å². The number of benzene rings is 1. The highest BCUT2D eigenvalue weighted by Crippen LogP contribution is 2.19. The number of nitrogens with zero attached hydrogens (tertiary/aromatic N) is 3. The van der Waals surface area contributed by atoms with E-state index in [9.17, 15) is 9.59 Å². The van der Waals surface area contributed by atoms with Crippen LogP contribution in [0.4, 0.5) is 17.2 Å². The second-order valence-electron chi connectivity index (χ2n) is 5.67. The number of hydrogen-bond acceptors (Lipinski definition) is 5. The molecule has 1 saturated heterocycles. The van der Waals surface area contributed by atoms with Gasteiger partial charge in [0.2, 0.25) is 5.91 Å². The van der Waals surface area contributed by atoms with Gasteiger partial charge in [-0.05, 0) is 31.0 Å². The van der Waals surface area contributed by atoms with Crippen LogP contribution < -0.4 is 10.6 Å². The second kappa shape index (κ2) is 7.08. The summed E-state index contributed by atoms with van der Waals surface area (Å²) >= 11 is 0. The maximum atomic E-state index is 12.2. The van der Waals surface area contributed by atoms with E-state index >= 15 is 0 Å². The summed E-state index contributed by atoms with van der Waals surface area (Å²) in [5, 5.41) is 5.82. The highest BCUT2D eigenvalue weighted by atomic mass is 16.2. The van der Waals surface area contributed by atoms with Crippen LogP contribution in [0.3, 0.4) is 0 Å². The minimum atomic E-state index is -0.128. The summed E-state index contributed by atoms with van der Waals surface area (Å²) in [7, 11) is 0. The first-order chi connectivity index (χ1) is 11.6. The zero-order valence-corrected chi connectivity index (χ0v) is 13.5. The van der Waals surface area contributed by atoms with Crippen LogP contribution in [-0.2, 0) is 4.79 Å². The van der Waals surface area contributed by atoms with Gasteiger partial charge in [0.25, 0.3) is 5.91 Å². The highest BCUT2D eigenvalue weighted by molar-refractivity contribution is 5.92. The lowest BCUT2D eigenvalue weighted by Crippen LogP contribution is -2.28. The Hall–Kier alpha value is -2.96. The number of hydrogen-bond donors (Lipinski definition) is 2. The van der Waals surface area contributed by atoms with Crippen molar-refractivity contribution in [2.24, 2.45) is 0 Å². The first-order valence-corrected chi connectivity index (χ1v) is 7.88. The lowest BCUT2D eigenvalue weighted by atomic mass is 10.2. The van der Waals surface area contributed by atoms with E-state index in [1.807, 2.05) is 12.1 Å². The summed E-state index contributed by atoms with van der Waals surface area (Å²) in [6.45, 7) is 3.04. The molecule has 0 unspecified atom stereocenters. The van der Waals surface area contributed by atoms with Crippen molar-refractivity contribution in [3.8, 4) is 0 Å². The van der Waals surface area contributed by atoms with Crippen molar-refractivity contribution >= 4 is 29.0 Å². The molecule has 0 saturated carbocycles. The van der Waals surface area contributed by atoms with E-state index in [-0.39, 0.29) is 11.8 Å². The SMILES string of the molecule is CC(=O)Nc1cccc(Nc2cnc(C(=O)N3CCCC3)cn2)c1. The van der Waals surface area contributed by atoms with Crippen LogP contribution in [0.1, 0.15) is 30.3 Å². The molecule has 1 fully saturated rings. The Balaban J connectivity index is 1.67. The van der Waals surface area contributed by atoms with Crippen molar-refractivity contribution in [2.45, 2.75) is 19.8 Å². The maximum Gasteiger partial charge on any atom is 0.274 e. The Kier molecular flexibility index (Phi) is 4.69. The largest absolute Gasteiger partial charge is 0.339 e. The maximum absolute atomic E-state index is 12.2. The van der Waals surface area contributed by atoms with Crippen molar-refractivity contribution < 1.29 is 9.59 Å². The molecule has 0 atom stereocenters. The topological polar surface area (TPSA) is 87.2 Å². The lowest BCUT2D eigenvalue weighted by molar-refractivity contribution is -0.114. The predicted octanol–water partition coefficient (Wildman–Crippen LogP) is 2.41. The summed E-state index contributed by atoms with van der Waals surface area (Å²) in [6, 6.07) is 7.28. The van der Waals surface area contributed by atoms with Gasteiger partial charge in [-0.2, -0.15) is 0 Å². The Morgan fingerprint density at radius 3 is 2.50 bits per heavy atom. The first-order valence-electron chi connectivity index (χ1n) is 7.88. The fraction of sp³-hybridized carbons (Fsp3) is 0.294. The van der Waals surface area contributed by atoms with Crippen LogP contribution in [0.2, 0.25) is 0 Å². The van der Waals surface area contributed by atoms with Gasteiger partial charge in [0.1, 0.15) is 11.5 Å². The number of amides is 2. The average Bonchev–Trinajstić information content (AvgIpc) is 3.09. The molecule has 2 N–H and O–H groups in total. The molecule has 1 aliphatic rings. The summed E-state index contributed by atoms with van der Waals surface area (Å²) in [5.41, 5.74) is 1.82. The van der Waals surface area contributed by atoms with Crippen molar-refractivity contribution in [3.05, 3.63) is 42.4 Å². The minimum absolute atomic E-state index is 0.0702. The molecule has 2 heterocycles. The second-order valence-corrected chi connectivity index (χ2v) is 5.67. The Labute approximate surface area is 140 Å². The minimum Gasteiger partial charge on any atom is -0.339 e. The van der Waals surface area contributed by atoms with Gasteiger partial charge in [-0.15, -0.1) is 0 Å². The highest BCUT2D eigenvalue weighted by Gasteiger charge is 2.20. The molecule has 2 amide bonds. The molecule has 0 spiro atoms. The number of likely N-dealkylation sites (tertiary alicyclic amines) is 1. The Morgan fingerprint density at radius 1 is 1.08 bits per heavy atom. The van der Waals surface area contributed by atoms with E-state index in [0.29, 0.717) is 17.2 Å². The van der Waals surface area contributed by atoms with E-state index in [2.05, 4.69) is 20.6 Å². The van der Waals surface area contributed by atoms with Gasteiger partial charge in [-0.25, -0.2) is 9.97 Å². The van der Waals surface area contributed by atoms with Gasteiger partial charge in [0.05, 0.1) is 12.4 Å². The number of nitrogens with one attached hydrogen (secondary N) is 2. The van der Waals surface area contributed by atoms with Crippen molar-refractivity contribution in [3.63, 3.8) is 0 Å². The van der Waals surface area contributed by atoms with E-state index < -0.39 is 0 Å². The third-order valence-corrected chi connectivity index (χ3v) is 3.72. The fourth-order valence-corrected chi connectivity index (χ4v) is 2.61. The number of anilines is 3. The number of aromatic nitrogens is 2. The van der Waals surface area contributed by atoms with Gasteiger partial charge in [0.15, 0.2) is 0 Å². The third kappa shape index (κ3) is 3.87. The first kappa shape index (κ1) is 15.9. The van der Waals surface area contributed by atoms with Crippen molar-refractivity contribution in [2.75, 3.05) is 23.7 Å². The standard InChI is InChI=1S/C17H19N5O2/c1-12(23)20-13-5-4-6-14(9-13)21-16-11-18-15(10-19-16)17(24)22-7-2-3-8-22/h4-6,9-11H,2-3,7-8H2,1H3,(H,19,21)(H,20,23). The monoisotopic (exact) mass is 325 g/mol. The van der Waals surface area contributed by atoms with Gasteiger partial charge in [-0.1, -0.05) is 6.07 Å². The Bertz CT molecular complexity index is 739. The summed E-state index contributed by atoms with van der Waals surface area (Å²) in [5.74, 6) is 0.337. The summed E-state index contributed by atoms with van der Waals surface area (Å²) in [6.07, 6.45) is 5.11. The van der Waals surface area contributed by atoms with Gasteiger partial charge in [-0.3, -0.25) is 9.59 Å². The predicted molar refractivity (Wildman–Crippen MR) is 91.2 cm³/mol. The van der Waals surface area contributed by atoms with Crippen LogP contribution >= 0.6 is 0 Å². The van der Waals surface area contributed by atoms with Crippen LogP contribution in [0.25, 0.3) is 0 Å². The summed E-state index contributed by atoms with van der Waals surface area (Å²) < 4.78 is 0. The summed E-state index contributed by atoms with van der Waals surface area (Å²) in [4.78, 5) is 33.6. The van der Waals surface area contributed by atoms with Crippen LogP contribution in [-0.4, -0.2) is 39.8 Å². The van der Waals surface area contributed by atoms with Gasteiger partial charge >= 0.3 is 0 Å². The van der Waals surface area contributed by atoms with E-state index in [4.69, 9.17) is 0 Å². The molecule has 1 aromatic heterocycles. The van der Waals surface area contributed by atoms with Crippen LogP contribution in [0, 0.1) is 0 Å². The molecule has 1 aliphatic heterocycles. The van der Waals surface area contributed by atoms with E-state index in [1.165, 1.54) is 19.3 Å². The molecule has 7 nitrogen and oxygen atoms in total. The molecule has 7 heteroatoms. The average molecular weight is 325 g/mol. The zero-order valence-electron chi connectivity index (χ0n) is 13.5. The molecule has 3 rings (SSSR count). The molecule has 124 valence electrons. The molecule has 24 heavy (non-hydrogen) atoms. The normalized spacial score (nSPS) is 13.6. The zero-order chi connectivity index (χ0) is 16.9. The third-order valence-electron chi connectivity index (χ3n) is 3.72. The van der Waals surface area contributed by atoms with Crippen LogP contribution in [0.15, 0.2) is 36.7 Å². The van der Waals surface area contributed by atoms with Gasteiger partial charge < -0.3 is 15.5 Å². The molecule has 1 aromatic carbocycles. The fourth-order valence-electron chi connectivity index (χ4n) is 2.61. The molecular formula is C17H19N5O2. The number of rotatable bonds is 4. The smallest absolute Gasteiger partial charge is 0.274 e. The Morgan fingerprint density at radius 2 is 1.83 bits per heavy atom. The van der Waals surface area contributed by atoms with E-state index in [1.54, 1.807) is 17.0 Å².